The Bertz CT molecular complexity index is 1110. The number of H-pyrrole nitrogens is 1. The highest BCUT2D eigenvalue weighted by molar-refractivity contribution is 7.99. The lowest BCUT2D eigenvalue weighted by Gasteiger charge is -2.08. The first kappa shape index (κ1) is 21.1. The highest BCUT2D eigenvalue weighted by Gasteiger charge is 2.13. The Balaban J connectivity index is 1.66. The van der Waals surface area contributed by atoms with E-state index in [1.54, 1.807) is 55.6 Å². The topological polar surface area (TPSA) is 126 Å². The molecular weight excluding hydrogens is 406 g/mol. The standard InChI is InChI=1S/C20H19N5O4S/c1-12(26)21-16-6-4-3-5-15(16)18-19(28)23-20(25-24-18)30-11-17(27)22-13-7-9-14(29-2)10-8-13/h3-10H,11H2,1-2H3,(H,21,26)(H,22,27)(H,23,25,28). The summed E-state index contributed by atoms with van der Waals surface area (Å²) in [6.07, 6.45) is 0. The van der Waals surface area contributed by atoms with Gasteiger partial charge in [-0.25, -0.2) is 0 Å². The molecule has 9 nitrogen and oxygen atoms in total. The molecule has 0 aliphatic carbocycles. The summed E-state index contributed by atoms with van der Waals surface area (Å²) in [5.41, 5.74) is 1.15. The molecule has 0 radical (unpaired) electrons. The quantitative estimate of drug-likeness (QED) is 0.497. The maximum Gasteiger partial charge on any atom is 0.278 e. The lowest BCUT2D eigenvalue weighted by molar-refractivity contribution is -0.114. The molecule has 0 aliphatic heterocycles. The monoisotopic (exact) mass is 425 g/mol. The number of ether oxygens (including phenoxy) is 1. The Morgan fingerprint density at radius 2 is 1.80 bits per heavy atom. The molecule has 0 fully saturated rings. The van der Waals surface area contributed by atoms with Crippen LogP contribution in [0.3, 0.4) is 0 Å². The fourth-order valence-electron chi connectivity index (χ4n) is 2.56. The second kappa shape index (κ2) is 9.70. The molecule has 154 valence electrons. The average molecular weight is 425 g/mol. The van der Waals surface area contributed by atoms with Gasteiger partial charge in [-0.15, -0.1) is 10.2 Å². The molecule has 3 aromatic rings. The molecule has 2 amide bonds. The number of thioether (sulfide) groups is 1. The minimum Gasteiger partial charge on any atom is -0.497 e. The summed E-state index contributed by atoms with van der Waals surface area (Å²) in [6, 6.07) is 13.7. The molecule has 0 saturated heterocycles. The number of carbonyl (C=O) groups is 2. The normalized spacial score (nSPS) is 10.3. The summed E-state index contributed by atoms with van der Waals surface area (Å²) in [7, 11) is 1.57. The number of rotatable bonds is 7. The van der Waals surface area contributed by atoms with Crippen molar-refractivity contribution in [2.24, 2.45) is 0 Å². The number of hydrogen-bond acceptors (Lipinski definition) is 7. The Morgan fingerprint density at radius 3 is 2.47 bits per heavy atom. The number of anilines is 2. The zero-order chi connectivity index (χ0) is 21.5. The van der Waals surface area contributed by atoms with Crippen LogP contribution >= 0.6 is 11.8 Å². The third-order valence-electron chi connectivity index (χ3n) is 3.88. The van der Waals surface area contributed by atoms with Crippen molar-refractivity contribution in [1.82, 2.24) is 15.2 Å². The number of para-hydroxylation sites is 1. The maximum atomic E-state index is 12.5. The Labute approximate surface area is 176 Å². The zero-order valence-electron chi connectivity index (χ0n) is 16.3. The van der Waals surface area contributed by atoms with Crippen LogP contribution in [0.4, 0.5) is 11.4 Å². The summed E-state index contributed by atoms with van der Waals surface area (Å²) in [5.74, 6) is 0.212. The van der Waals surface area contributed by atoms with Crippen molar-refractivity contribution in [3.05, 3.63) is 58.9 Å². The molecule has 1 heterocycles. The summed E-state index contributed by atoms with van der Waals surface area (Å²) < 4.78 is 5.07. The molecular formula is C20H19N5O4S. The van der Waals surface area contributed by atoms with E-state index in [4.69, 9.17) is 4.74 Å². The van der Waals surface area contributed by atoms with Crippen molar-refractivity contribution in [2.75, 3.05) is 23.5 Å². The second-order valence-electron chi connectivity index (χ2n) is 6.10. The van der Waals surface area contributed by atoms with Gasteiger partial charge in [-0.2, -0.15) is 0 Å². The van der Waals surface area contributed by atoms with Crippen LogP contribution in [0.25, 0.3) is 11.3 Å². The van der Waals surface area contributed by atoms with Crippen LogP contribution in [-0.2, 0) is 9.59 Å². The molecule has 1 aromatic heterocycles. The van der Waals surface area contributed by atoms with Gasteiger partial charge in [0.2, 0.25) is 11.8 Å². The Morgan fingerprint density at radius 1 is 1.07 bits per heavy atom. The lowest BCUT2D eigenvalue weighted by Crippen LogP contribution is -2.18. The molecule has 2 aromatic carbocycles. The minimum absolute atomic E-state index is 0.0402. The van der Waals surface area contributed by atoms with Gasteiger partial charge in [0.15, 0.2) is 10.9 Å². The smallest absolute Gasteiger partial charge is 0.278 e. The summed E-state index contributed by atoms with van der Waals surface area (Å²) in [6.45, 7) is 1.38. The molecule has 3 rings (SSSR count). The van der Waals surface area contributed by atoms with Gasteiger partial charge >= 0.3 is 0 Å². The van der Waals surface area contributed by atoms with Gasteiger partial charge in [-0.3, -0.25) is 19.4 Å². The first-order chi connectivity index (χ1) is 14.5. The predicted molar refractivity (Wildman–Crippen MR) is 115 cm³/mol. The highest BCUT2D eigenvalue weighted by Crippen LogP contribution is 2.24. The first-order valence-corrected chi connectivity index (χ1v) is 9.85. The van der Waals surface area contributed by atoms with E-state index in [0.717, 1.165) is 11.8 Å². The van der Waals surface area contributed by atoms with Gasteiger partial charge in [0.05, 0.1) is 18.6 Å². The average Bonchev–Trinajstić information content (AvgIpc) is 2.73. The molecule has 0 bridgehead atoms. The van der Waals surface area contributed by atoms with E-state index < -0.39 is 5.56 Å². The first-order valence-electron chi connectivity index (χ1n) is 8.87. The zero-order valence-corrected chi connectivity index (χ0v) is 17.1. The number of aromatic nitrogens is 3. The summed E-state index contributed by atoms with van der Waals surface area (Å²) >= 11 is 1.05. The van der Waals surface area contributed by atoms with E-state index in [0.29, 0.717) is 22.7 Å². The predicted octanol–water partition coefficient (Wildman–Crippen LogP) is 2.53. The molecule has 0 unspecified atom stereocenters. The van der Waals surface area contributed by atoms with Crippen LogP contribution in [0.1, 0.15) is 6.92 Å². The Hall–Kier alpha value is -3.66. The third kappa shape index (κ3) is 5.45. The molecule has 0 saturated carbocycles. The van der Waals surface area contributed by atoms with Crippen LogP contribution in [0.5, 0.6) is 5.75 Å². The van der Waals surface area contributed by atoms with Crippen molar-refractivity contribution in [2.45, 2.75) is 12.1 Å². The molecule has 0 aliphatic rings. The molecule has 30 heavy (non-hydrogen) atoms. The number of nitrogens with zero attached hydrogens (tertiary/aromatic N) is 2. The van der Waals surface area contributed by atoms with Gasteiger partial charge in [-0.05, 0) is 30.3 Å². The molecule has 0 atom stereocenters. The largest absolute Gasteiger partial charge is 0.497 e. The van der Waals surface area contributed by atoms with Crippen molar-refractivity contribution >= 4 is 35.0 Å². The fourth-order valence-corrected chi connectivity index (χ4v) is 3.16. The van der Waals surface area contributed by atoms with Crippen molar-refractivity contribution in [3.8, 4) is 17.0 Å². The number of amides is 2. The van der Waals surface area contributed by atoms with E-state index >= 15 is 0 Å². The van der Waals surface area contributed by atoms with Crippen molar-refractivity contribution in [3.63, 3.8) is 0 Å². The third-order valence-corrected chi connectivity index (χ3v) is 4.75. The Kier molecular flexibility index (Phi) is 6.81. The van der Waals surface area contributed by atoms with Crippen LogP contribution in [-0.4, -0.2) is 39.9 Å². The van der Waals surface area contributed by atoms with E-state index in [2.05, 4.69) is 25.8 Å². The van der Waals surface area contributed by atoms with Gasteiger partial charge in [0, 0.05) is 18.2 Å². The van der Waals surface area contributed by atoms with Gasteiger partial charge in [0.1, 0.15) is 5.75 Å². The number of aromatic amines is 1. The number of carbonyl (C=O) groups excluding carboxylic acids is 2. The van der Waals surface area contributed by atoms with E-state index in [1.807, 2.05) is 0 Å². The lowest BCUT2D eigenvalue weighted by atomic mass is 10.1. The maximum absolute atomic E-state index is 12.5. The van der Waals surface area contributed by atoms with E-state index in [9.17, 15) is 14.4 Å². The number of hydrogen-bond donors (Lipinski definition) is 3. The van der Waals surface area contributed by atoms with Crippen molar-refractivity contribution < 1.29 is 14.3 Å². The van der Waals surface area contributed by atoms with E-state index in [-0.39, 0.29) is 28.4 Å². The van der Waals surface area contributed by atoms with E-state index in [1.165, 1.54) is 6.92 Å². The second-order valence-corrected chi connectivity index (χ2v) is 7.06. The molecule has 10 heteroatoms. The number of benzene rings is 2. The van der Waals surface area contributed by atoms with Crippen LogP contribution in [0.2, 0.25) is 0 Å². The van der Waals surface area contributed by atoms with Gasteiger partial charge < -0.3 is 15.4 Å². The number of nitrogens with one attached hydrogen (secondary N) is 3. The highest BCUT2D eigenvalue weighted by atomic mass is 32.2. The summed E-state index contributed by atoms with van der Waals surface area (Å²) in [5, 5.41) is 13.6. The molecule has 3 N–H and O–H groups in total. The SMILES string of the molecule is COc1ccc(NC(=O)CSc2nnc(-c3ccccc3NC(C)=O)c(=O)[nH]2)cc1. The van der Waals surface area contributed by atoms with Gasteiger partial charge in [-0.1, -0.05) is 30.0 Å². The fraction of sp³-hybridized carbons (Fsp3) is 0.150. The van der Waals surface area contributed by atoms with Crippen LogP contribution < -0.4 is 20.9 Å². The number of methoxy groups -OCH3 is 1. The van der Waals surface area contributed by atoms with Gasteiger partial charge in [0.25, 0.3) is 5.56 Å². The van der Waals surface area contributed by atoms with Crippen LogP contribution in [0, 0.1) is 0 Å². The minimum atomic E-state index is -0.471. The summed E-state index contributed by atoms with van der Waals surface area (Å²) in [4.78, 5) is 38.6. The van der Waals surface area contributed by atoms with Crippen molar-refractivity contribution in [1.29, 1.82) is 0 Å². The molecule has 0 spiro atoms. The van der Waals surface area contributed by atoms with Crippen LogP contribution in [0.15, 0.2) is 58.5 Å².